The number of ether oxygens (including phenoxy) is 2. The SMILES string of the molecule is COc1ccc(COCCC(=O)N2CCNCC2)cc1. The Balaban J connectivity index is 1.64. The normalized spacial score (nSPS) is 15.2. The van der Waals surface area contributed by atoms with Gasteiger partial charge < -0.3 is 19.7 Å². The molecule has 0 aliphatic carbocycles. The number of nitrogens with zero attached hydrogens (tertiary/aromatic N) is 1. The molecule has 20 heavy (non-hydrogen) atoms. The number of hydrogen-bond acceptors (Lipinski definition) is 4. The summed E-state index contributed by atoms with van der Waals surface area (Å²) in [7, 11) is 1.65. The highest BCUT2D eigenvalue weighted by molar-refractivity contribution is 5.76. The number of rotatable bonds is 6. The Kier molecular flexibility index (Phi) is 5.83. The van der Waals surface area contributed by atoms with Crippen LogP contribution in [0.3, 0.4) is 0 Å². The van der Waals surface area contributed by atoms with Gasteiger partial charge in [0.1, 0.15) is 5.75 Å². The molecule has 0 bridgehead atoms. The summed E-state index contributed by atoms with van der Waals surface area (Å²) in [6.07, 6.45) is 0.455. The van der Waals surface area contributed by atoms with Crippen molar-refractivity contribution in [3.05, 3.63) is 29.8 Å². The molecule has 2 rings (SSSR count). The maximum atomic E-state index is 11.9. The Morgan fingerprint density at radius 2 is 1.95 bits per heavy atom. The maximum absolute atomic E-state index is 11.9. The van der Waals surface area contributed by atoms with Gasteiger partial charge in [0.15, 0.2) is 0 Å². The topological polar surface area (TPSA) is 50.8 Å². The predicted molar refractivity (Wildman–Crippen MR) is 76.7 cm³/mol. The van der Waals surface area contributed by atoms with Gasteiger partial charge >= 0.3 is 0 Å². The third kappa shape index (κ3) is 4.51. The van der Waals surface area contributed by atoms with Gasteiger partial charge in [-0.25, -0.2) is 0 Å². The summed E-state index contributed by atoms with van der Waals surface area (Å²) in [5.41, 5.74) is 1.08. The number of amides is 1. The van der Waals surface area contributed by atoms with Gasteiger partial charge in [-0.3, -0.25) is 4.79 Å². The van der Waals surface area contributed by atoms with E-state index in [9.17, 15) is 4.79 Å². The zero-order valence-corrected chi connectivity index (χ0v) is 11.9. The zero-order chi connectivity index (χ0) is 14.2. The molecule has 0 saturated carbocycles. The van der Waals surface area contributed by atoms with Crippen LogP contribution >= 0.6 is 0 Å². The van der Waals surface area contributed by atoms with Crippen molar-refractivity contribution >= 4 is 5.91 Å². The van der Waals surface area contributed by atoms with Crippen LogP contribution in [-0.4, -0.2) is 50.7 Å². The minimum Gasteiger partial charge on any atom is -0.497 e. The summed E-state index contributed by atoms with van der Waals surface area (Å²) in [5.74, 6) is 1.02. The fraction of sp³-hybridized carbons (Fsp3) is 0.533. The number of hydrogen-bond donors (Lipinski definition) is 1. The van der Waals surface area contributed by atoms with Crippen molar-refractivity contribution in [1.82, 2.24) is 10.2 Å². The first kappa shape index (κ1) is 14.8. The van der Waals surface area contributed by atoms with Crippen molar-refractivity contribution < 1.29 is 14.3 Å². The number of carbonyl (C=O) groups excluding carboxylic acids is 1. The molecule has 1 aromatic rings. The van der Waals surface area contributed by atoms with E-state index >= 15 is 0 Å². The van der Waals surface area contributed by atoms with E-state index in [2.05, 4.69) is 5.32 Å². The van der Waals surface area contributed by atoms with Crippen LogP contribution in [0.25, 0.3) is 0 Å². The molecule has 1 heterocycles. The minimum absolute atomic E-state index is 0.182. The Bertz CT molecular complexity index is 414. The monoisotopic (exact) mass is 278 g/mol. The smallest absolute Gasteiger partial charge is 0.224 e. The third-order valence-electron chi connectivity index (χ3n) is 3.36. The summed E-state index contributed by atoms with van der Waals surface area (Å²) < 4.78 is 10.6. The molecular formula is C15H22N2O3. The highest BCUT2D eigenvalue weighted by atomic mass is 16.5. The number of benzene rings is 1. The lowest BCUT2D eigenvalue weighted by atomic mass is 10.2. The van der Waals surface area contributed by atoms with Crippen LogP contribution in [-0.2, 0) is 16.1 Å². The largest absolute Gasteiger partial charge is 0.497 e. The Morgan fingerprint density at radius 3 is 2.60 bits per heavy atom. The molecule has 1 amide bonds. The lowest BCUT2D eigenvalue weighted by molar-refractivity contribution is -0.133. The summed E-state index contributed by atoms with van der Waals surface area (Å²) in [5, 5.41) is 3.23. The van der Waals surface area contributed by atoms with Gasteiger partial charge in [0.05, 0.1) is 26.7 Å². The highest BCUT2D eigenvalue weighted by Crippen LogP contribution is 2.12. The first-order valence-corrected chi connectivity index (χ1v) is 6.99. The van der Waals surface area contributed by atoms with Crippen molar-refractivity contribution in [2.45, 2.75) is 13.0 Å². The summed E-state index contributed by atoms with van der Waals surface area (Å²) in [4.78, 5) is 13.8. The van der Waals surface area contributed by atoms with Gasteiger partial charge in [0, 0.05) is 26.2 Å². The zero-order valence-electron chi connectivity index (χ0n) is 11.9. The third-order valence-corrected chi connectivity index (χ3v) is 3.36. The summed E-state index contributed by atoms with van der Waals surface area (Å²) >= 11 is 0. The van der Waals surface area contributed by atoms with E-state index in [-0.39, 0.29) is 5.91 Å². The highest BCUT2D eigenvalue weighted by Gasteiger charge is 2.15. The van der Waals surface area contributed by atoms with Gasteiger partial charge in [0.2, 0.25) is 5.91 Å². The van der Waals surface area contributed by atoms with Gasteiger partial charge in [-0.05, 0) is 17.7 Å². The fourth-order valence-corrected chi connectivity index (χ4v) is 2.14. The van der Waals surface area contributed by atoms with Crippen molar-refractivity contribution in [3.8, 4) is 5.75 Å². The number of methoxy groups -OCH3 is 1. The van der Waals surface area contributed by atoms with Gasteiger partial charge in [-0.1, -0.05) is 12.1 Å². The summed E-state index contributed by atoms with van der Waals surface area (Å²) in [6, 6.07) is 7.75. The van der Waals surface area contributed by atoms with Crippen LogP contribution in [0, 0.1) is 0 Å². The van der Waals surface area contributed by atoms with Gasteiger partial charge in [0.25, 0.3) is 0 Å². The molecule has 1 fully saturated rings. The lowest BCUT2D eigenvalue weighted by Gasteiger charge is -2.27. The molecule has 0 atom stereocenters. The molecule has 5 nitrogen and oxygen atoms in total. The Morgan fingerprint density at radius 1 is 1.25 bits per heavy atom. The molecule has 0 spiro atoms. The van der Waals surface area contributed by atoms with Crippen molar-refractivity contribution in [3.63, 3.8) is 0 Å². The molecule has 1 aliphatic rings. The van der Waals surface area contributed by atoms with E-state index in [0.717, 1.165) is 37.5 Å². The van der Waals surface area contributed by atoms with Crippen molar-refractivity contribution in [2.75, 3.05) is 39.9 Å². The van der Waals surface area contributed by atoms with E-state index in [1.807, 2.05) is 29.2 Å². The molecule has 1 N–H and O–H groups in total. The second-order valence-corrected chi connectivity index (χ2v) is 4.78. The lowest BCUT2D eigenvalue weighted by Crippen LogP contribution is -2.46. The minimum atomic E-state index is 0.182. The van der Waals surface area contributed by atoms with Crippen LogP contribution in [0.1, 0.15) is 12.0 Å². The molecule has 110 valence electrons. The van der Waals surface area contributed by atoms with Crippen molar-refractivity contribution in [2.24, 2.45) is 0 Å². The first-order chi connectivity index (χ1) is 9.79. The molecule has 1 aromatic carbocycles. The van der Waals surface area contributed by atoms with Crippen LogP contribution < -0.4 is 10.1 Å². The fourth-order valence-electron chi connectivity index (χ4n) is 2.14. The predicted octanol–water partition coefficient (Wildman–Crippen LogP) is 1.03. The number of piperazine rings is 1. The Hall–Kier alpha value is -1.59. The van der Waals surface area contributed by atoms with E-state index < -0.39 is 0 Å². The van der Waals surface area contributed by atoms with Crippen LogP contribution in [0.2, 0.25) is 0 Å². The van der Waals surface area contributed by atoms with Gasteiger partial charge in [-0.2, -0.15) is 0 Å². The van der Waals surface area contributed by atoms with E-state index in [1.54, 1.807) is 7.11 Å². The molecule has 0 aromatic heterocycles. The quantitative estimate of drug-likeness (QED) is 0.790. The van der Waals surface area contributed by atoms with Crippen LogP contribution in [0.15, 0.2) is 24.3 Å². The number of carbonyl (C=O) groups is 1. The molecular weight excluding hydrogens is 256 g/mol. The average molecular weight is 278 g/mol. The second-order valence-electron chi connectivity index (χ2n) is 4.78. The molecule has 0 radical (unpaired) electrons. The van der Waals surface area contributed by atoms with Crippen LogP contribution in [0.5, 0.6) is 5.75 Å². The Labute approximate surface area is 119 Å². The van der Waals surface area contributed by atoms with E-state index in [0.29, 0.717) is 19.6 Å². The van der Waals surface area contributed by atoms with E-state index in [4.69, 9.17) is 9.47 Å². The number of nitrogens with one attached hydrogen (secondary N) is 1. The van der Waals surface area contributed by atoms with Gasteiger partial charge in [-0.15, -0.1) is 0 Å². The second kappa shape index (κ2) is 7.87. The first-order valence-electron chi connectivity index (χ1n) is 6.99. The van der Waals surface area contributed by atoms with E-state index in [1.165, 1.54) is 0 Å². The average Bonchev–Trinajstić information content (AvgIpc) is 2.53. The van der Waals surface area contributed by atoms with Crippen molar-refractivity contribution in [1.29, 1.82) is 0 Å². The molecule has 1 saturated heterocycles. The summed E-state index contributed by atoms with van der Waals surface area (Å²) in [6.45, 7) is 4.37. The van der Waals surface area contributed by atoms with Crippen LogP contribution in [0.4, 0.5) is 0 Å². The molecule has 0 unspecified atom stereocenters. The standard InChI is InChI=1S/C15H22N2O3/c1-19-14-4-2-13(3-5-14)12-20-11-6-15(18)17-9-7-16-8-10-17/h2-5,16H,6-12H2,1H3. The molecule has 5 heteroatoms. The maximum Gasteiger partial charge on any atom is 0.224 e. The molecule has 1 aliphatic heterocycles.